The van der Waals surface area contributed by atoms with Crippen molar-refractivity contribution in [3.05, 3.63) is 41.2 Å². The summed E-state index contributed by atoms with van der Waals surface area (Å²) < 4.78 is 0. The molecule has 1 heterocycles. The molecule has 2 fully saturated rings. The number of rotatable bonds is 2. The van der Waals surface area contributed by atoms with E-state index in [0.717, 1.165) is 51.6 Å². The van der Waals surface area contributed by atoms with Crippen LogP contribution in [0.4, 0.5) is 5.69 Å². The molecule has 1 aromatic rings. The number of carboxylic acids is 1. The molecule has 126 valence electrons. The Labute approximate surface area is 142 Å². The lowest BCUT2D eigenvalue weighted by Crippen LogP contribution is -2.45. The van der Waals surface area contributed by atoms with Gasteiger partial charge in [-0.3, -0.25) is 9.59 Å². The highest BCUT2D eigenvalue weighted by Crippen LogP contribution is 2.46. The van der Waals surface area contributed by atoms with Crippen LogP contribution in [0.1, 0.15) is 48.9 Å². The highest BCUT2D eigenvalue weighted by atomic mass is 16.4. The molecule has 1 N–H and O–H groups in total. The van der Waals surface area contributed by atoms with Crippen LogP contribution in [0.25, 0.3) is 4.85 Å². The molecule has 3 rings (SSSR count). The highest BCUT2D eigenvalue weighted by molar-refractivity contribution is 5.94. The number of amides is 1. The van der Waals surface area contributed by atoms with Gasteiger partial charge in [0, 0.05) is 18.7 Å². The second kappa shape index (κ2) is 6.64. The molecule has 0 aromatic heterocycles. The standard InChI is InChI=1S/C19H22N2O3/c1-20-16-4-2-14(3-5-16)17(22)21-12-10-19(11-13-21)8-6-15(7-9-19)18(23)24/h2-5,15H,6-13H2,(H,23,24). The molecule has 1 aromatic carbocycles. The minimum Gasteiger partial charge on any atom is -0.481 e. The van der Waals surface area contributed by atoms with Gasteiger partial charge in [-0.2, -0.15) is 0 Å². The molecule has 1 saturated carbocycles. The zero-order chi connectivity index (χ0) is 17.2. The van der Waals surface area contributed by atoms with E-state index in [0.29, 0.717) is 11.3 Å². The van der Waals surface area contributed by atoms with E-state index < -0.39 is 5.97 Å². The van der Waals surface area contributed by atoms with Crippen LogP contribution >= 0.6 is 0 Å². The zero-order valence-electron chi connectivity index (χ0n) is 13.7. The average Bonchev–Trinajstić information content (AvgIpc) is 2.62. The molecule has 2 aliphatic rings. The molecule has 0 radical (unpaired) electrons. The van der Waals surface area contributed by atoms with E-state index in [1.807, 2.05) is 4.90 Å². The van der Waals surface area contributed by atoms with Crippen LogP contribution in [0.3, 0.4) is 0 Å². The van der Waals surface area contributed by atoms with Crippen LogP contribution in [-0.4, -0.2) is 35.0 Å². The van der Waals surface area contributed by atoms with E-state index in [-0.39, 0.29) is 17.2 Å². The summed E-state index contributed by atoms with van der Waals surface area (Å²) in [5.41, 5.74) is 1.41. The second-order valence-corrected chi connectivity index (χ2v) is 7.06. The van der Waals surface area contributed by atoms with Crippen molar-refractivity contribution in [2.24, 2.45) is 11.3 Å². The Hall–Kier alpha value is -2.35. The van der Waals surface area contributed by atoms with E-state index in [4.69, 9.17) is 11.7 Å². The Morgan fingerprint density at radius 1 is 1.08 bits per heavy atom. The summed E-state index contributed by atoms with van der Waals surface area (Å²) in [5, 5.41) is 9.13. The largest absolute Gasteiger partial charge is 0.481 e. The number of carbonyl (C=O) groups is 2. The lowest BCUT2D eigenvalue weighted by molar-refractivity contribution is -0.143. The van der Waals surface area contributed by atoms with Crippen LogP contribution in [0.5, 0.6) is 0 Å². The van der Waals surface area contributed by atoms with Crippen molar-refractivity contribution in [1.29, 1.82) is 0 Å². The third-order valence-electron chi connectivity index (χ3n) is 5.75. The van der Waals surface area contributed by atoms with Crippen molar-refractivity contribution in [2.45, 2.75) is 38.5 Å². The van der Waals surface area contributed by atoms with Gasteiger partial charge in [0.15, 0.2) is 5.69 Å². The lowest BCUT2D eigenvalue weighted by atomic mass is 9.65. The monoisotopic (exact) mass is 326 g/mol. The molecule has 24 heavy (non-hydrogen) atoms. The maximum atomic E-state index is 12.6. The fourth-order valence-electron chi connectivity index (χ4n) is 4.02. The van der Waals surface area contributed by atoms with E-state index in [9.17, 15) is 9.59 Å². The third kappa shape index (κ3) is 3.28. The number of hydrogen-bond acceptors (Lipinski definition) is 2. The van der Waals surface area contributed by atoms with Crippen LogP contribution in [0, 0.1) is 17.9 Å². The fourth-order valence-corrected chi connectivity index (χ4v) is 4.02. The van der Waals surface area contributed by atoms with Gasteiger partial charge in [-0.05, 0) is 43.9 Å². The van der Waals surface area contributed by atoms with E-state index in [1.165, 1.54) is 0 Å². The smallest absolute Gasteiger partial charge is 0.306 e. The van der Waals surface area contributed by atoms with Crippen molar-refractivity contribution in [1.82, 2.24) is 4.90 Å². The normalized spacial score (nSPS) is 20.5. The second-order valence-electron chi connectivity index (χ2n) is 7.06. The molecule has 1 amide bonds. The Morgan fingerprint density at radius 2 is 1.67 bits per heavy atom. The fraction of sp³-hybridized carbons (Fsp3) is 0.526. The number of aliphatic carboxylic acids is 1. The van der Waals surface area contributed by atoms with Crippen LogP contribution in [0.15, 0.2) is 24.3 Å². The summed E-state index contributed by atoms with van der Waals surface area (Å²) >= 11 is 0. The van der Waals surface area contributed by atoms with Crippen molar-refractivity contribution in [3.63, 3.8) is 0 Å². The molecule has 1 aliphatic carbocycles. The summed E-state index contributed by atoms with van der Waals surface area (Å²) in [5.74, 6) is -0.822. The number of likely N-dealkylation sites (tertiary alicyclic amines) is 1. The summed E-state index contributed by atoms with van der Waals surface area (Å²) in [6.07, 6.45) is 5.39. The topological polar surface area (TPSA) is 62.0 Å². The number of piperidine rings is 1. The zero-order valence-corrected chi connectivity index (χ0v) is 13.7. The van der Waals surface area contributed by atoms with Gasteiger partial charge in [0.1, 0.15) is 0 Å². The Balaban J connectivity index is 1.58. The number of benzene rings is 1. The number of hydrogen-bond donors (Lipinski definition) is 1. The molecule has 5 nitrogen and oxygen atoms in total. The quantitative estimate of drug-likeness (QED) is 0.842. The van der Waals surface area contributed by atoms with Crippen molar-refractivity contribution in [2.75, 3.05) is 13.1 Å². The number of carbonyl (C=O) groups excluding carboxylic acids is 1. The minimum atomic E-state index is -0.666. The lowest BCUT2D eigenvalue weighted by Gasteiger charge is -2.45. The first-order valence-corrected chi connectivity index (χ1v) is 8.53. The van der Waals surface area contributed by atoms with Crippen molar-refractivity contribution < 1.29 is 14.7 Å². The Morgan fingerprint density at radius 3 is 2.17 bits per heavy atom. The number of nitrogens with zero attached hydrogens (tertiary/aromatic N) is 2. The van der Waals surface area contributed by atoms with E-state index in [2.05, 4.69) is 4.85 Å². The van der Waals surface area contributed by atoms with Gasteiger partial charge in [0.25, 0.3) is 5.91 Å². The molecule has 0 bridgehead atoms. The average molecular weight is 326 g/mol. The minimum absolute atomic E-state index is 0.0283. The molecular formula is C19H22N2O3. The molecule has 1 saturated heterocycles. The molecule has 0 atom stereocenters. The summed E-state index contributed by atoms with van der Waals surface area (Å²) in [6.45, 7) is 8.44. The number of carboxylic acid groups (broad SMARTS) is 1. The highest BCUT2D eigenvalue weighted by Gasteiger charge is 2.40. The summed E-state index contributed by atoms with van der Waals surface area (Å²) in [4.78, 5) is 28.9. The Bertz CT molecular complexity index is 657. The predicted molar refractivity (Wildman–Crippen MR) is 89.9 cm³/mol. The maximum absolute atomic E-state index is 12.6. The summed E-state index contributed by atoms with van der Waals surface area (Å²) in [7, 11) is 0. The first-order valence-electron chi connectivity index (χ1n) is 8.53. The Kier molecular flexibility index (Phi) is 4.57. The molecule has 0 unspecified atom stereocenters. The first-order chi connectivity index (χ1) is 11.5. The van der Waals surface area contributed by atoms with Crippen molar-refractivity contribution >= 4 is 17.6 Å². The van der Waals surface area contributed by atoms with E-state index >= 15 is 0 Å². The molecule has 5 heteroatoms. The van der Waals surface area contributed by atoms with Crippen molar-refractivity contribution in [3.8, 4) is 0 Å². The predicted octanol–water partition coefficient (Wildman–Crippen LogP) is 3.73. The van der Waals surface area contributed by atoms with Gasteiger partial charge in [0.2, 0.25) is 0 Å². The molecular weight excluding hydrogens is 304 g/mol. The third-order valence-corrected chi connectivity index (χ3v) is 5.75. The van der Waals surface area contributed by atoms with Gasteiger partial charge in [-0.1, -0.05) is 24.3 Å². The first kappa shape index (κ1) is 16.5. The molecule has 1 aliphatic heterocycles. The SMILES string of the molecule is [C-]#[N+]c1ccc(C(=O)N2CCC3(CCC(C(=O)O)CC3)CC2)cc1. The molecule has 1 spiro atoms. The van der Waals surface area contributed by atoms with Gasteiger partial charge < -0.3 is 10.0 Å². The van der Waals surface area contributed by atoms with Gasteiger partial charge in [-0.25, -0.2) is 4.85 Å². The summed E-state index contributed by atoms with van der Waals surface area (Å²) in [6, 6.07) is 6.80. The van der Waals surface area contributed by atoms with Crippen LogP contribution in [-0.2, 0) is 4.79 Å². The van der Waals surface area contributed by atoms with E-state index in [1.54, 1.807) is 24.3 Å². The van der Waals surface area contributed by atoms with Gasteiger partial charge in [-0.15, -0.1) is 0 Å². The van der Waals surface area contributed by atoms with Crippen LogP contribution < -0.4 is 0 Å². The maximum Gasteiger partial charge on any atom is 0.306 e. The van der Waals surface area contributed by atoms with Gasteiger partial charge >= 0.3 is 5.97 Å². The van der Waals surface area contributed by atoms with Gasteiger partial charge in [0.05, 0.1) is 12.5 Å². The van der Waals surface area contributed by atoms with Crippen LogP contribution in [0.2, 0.25) is 0 Å².